The van der Waals surface area contributed by atoms with Crippen molar-refractivity contribution in [3.63, 3.8) is 0 Å². The fourth-order valence-corrected chi connectivity index (χ4v) is 4.75. The maximum atomic E-state index is 6.05. The van der Waals surface area contributed by atoms with Gasteiger partial charge in [-0.3, -0.25) is 0 Å². The van der Waals surface area contributed by atoms with Gasteiger partial charge in [0.25, 0.3) is 5.89 Å². The van der Waals surface area contributed by atoms with Crippen LogP contribution in [0.25, 0.3) is 17.5 Å². The van der Waals surface area contributed by atoms with E-state index in [1.807, 2.05) is 30.3 Å². The summed E-state index contributed by atoms with van der Waals surface area (Å²) in [5, 5.41) is 4.74. The maximum absolute atomic E-state index is 6.05. The predicted molar refractivity (Wildman–Crippen MR) is 122 cm³/mol. The summed E-state index contributed by atoms with van der Waals surface area (Å²) >= 11 is 6.05. The summed E-state index contributed by atoms with van der Waals surface area (Å²) in [5.74, 6) is 2.35. The van der Waals surface area contributed by atoms with Gasteiger partial charge in [-0.05, 0) is 75.4 Å². The van der Waals surface area contributed by atoms with E-state index in [2.05, 4.69) is 65.5 Å². The molecule has 4 nitrogen and oxygen atoms in total. The number of hydrogen-bond donors (Lipinski definition) is 0. The fraction of sp³-hybridized carbons (Fsp3) is 0.360. The first-order valence-corrected chi connectivity index (χ1v) is 11.0. The number of nitrogens with zero attached hydrogens (tertiary/aromatic N) is 3. The van der Waals surface area contributed by atoms with Gasteiger partial charge in [0.15, 0.2) is 0 Å². The smallest absolute Gasteiger partial charge is 0.250 e. The van der Waals surface area contributed by atoms with E-state index < -0.39 is 0 Å². The molecule has 0 aliphatic heterocycles. The summed E-state index contributed by atoms with van der Waals surface area (Å²) in [4.78, 5) is 6.85. The SMILES string of the molecule is CN(C)C(c1ccccc1)C1CCC(C=Cc2nc(-c3cccc(Cl)c3)no2)CC1. The Morgan fingerprint density at radius 2 is 1.80 bits per heavy atom. The molecule has 0 amide bonds. The van der Waals surface area contributed by atoms with Crippen molar-refractivity contribution in [1.82, 2.24) is 15.0 Å². The molecule has 1 unspecified atom stereocenters. The van der Waals surface area contributed by atoms with Gasteiger partial charge in [0.05, 0.1) is 0 Å². The van der Waals surface area contributed by atoms with Crippen LogP contribution in [0.5, 0.6) is 0 Å². The minimum Gasteiger partial charge on any atom is -0.334 e. The molecule has 4 rings (SSSR count). The van der Waals surface area contributed by atoms with Crippen LogP contribution in [0, 0.1) is 11.8 Å². The Morgan fingerprint density at radius 1 is 1.03 bits per heavy atom. The first-order chi connectivity index (χ1) is 14.6. The van der Waals surface area contributed by atoms with Gasteiger partial charge in [0, 0.05) is 16.6 Å². The van der Waals surface area contributed by atoms with Crippen molar-refractivity contribution in [2.24, 2.45) is 11.8 Å². The molecular formula is C25H28ClN3O. The fourth-order valence-electron chi connectivity index (χ4n) is 4.56. The van der Waals surface area contributed by atoms with E-state index >= 15 is 0 Å². The van der Waals surface area contributed by atoms with E-state index in [1.54, 1.807) is 0 Å². The standard InChI is InChI=1S/C25H28ClN3O/c1-29(2)24(19-7-4-3-5-8-19)20-14-11-18(12-15-20)13-16-23-27-25(28-30-23)21-9-6-10-22(26)17-21/h3-10,13,16-18,20,24H,11-12,14-15H2,1-2H3. The second kappa shape index (κ2) is 9.59. The molecule has 1 saturated carbocycles. The molecule has 5 heteroatoms. The minimum absolute atomic E-state index is 0.479. The normalized spacial score (nSPS) is 20.7. The summed E-state index contributed by atoms with van der Waals surface area (Å²) in [6.45, 7) is 0. The molecule has 1 aliphatic carbocycles. The zero-order valence-corrected chi connectivity index (χ0v) is 18.3. The van der Waals surface area contributed by atoms with Crippen molar-refractivity contribution >= 4 is 17.7 Å². The summed E-state index contributed by atoms with van der Waals surface area (Å²) in [6, 6.07) is 18.9. The lowest BCUT2D eigenvalue weighted by molar-refractivity contribution is 0.159. The lowest BCUT2D eigenvalue weighted by atomic mass is 9.76. The highest BCUT2D eigenvalue weighted by Gasteiger charge is 2.29. The number of benzene rings is 2. The Bertz CT molecular complexity index is 975. The molecule has 30 heavy (non-hydrogen) atoms. The van der Waals surface area contributed by atoms with Gasteiger partial charge in [-0.2, -0.15) is 4.98 Å². The highest BCUT2D eigenvalue weighted by Crippen LogP contribution is 2.39. The van der Waals surface area contributed by atoms with Gasteiger partial charge in [0.1, 0.15) is 0 Å². The summed E-state index contributed by atoms with van der Waals surface area (Å²) in [5.41, 5.74) is 2.28. The van der Waals surface area contributed by atoms with Crippen molar-refractivity contribution in [3.8, 4) is 11.4 Å². The van der Waals surface area contributed by atoms with Crippen LogP contribution in [-0.2, 0) is 0 Å². The van der Waals surface area contributed by atoms with Gasteiger partial charge >= 0.3 is 0 Å². The van der Waals surface area contributed by atoms with Crippen LogP contribution in [-0.4, -0.2) is 29.1 Å². The van der Waals surface area contributed by atoms with Crippen LogP contribution in [0.2, 0.25) is 5.02 Å². The summed E-state index contributed by atoms with van der Waals surface area (Å²) in [6.07, 6.45) is 9.03. The van der Waals surface area contributed by atoms with Crippen molar-refractivity contribution in [2.45, 2.75) is 31.7 Å². The molecule has 1 aromatic heterocycles. The Labute approximate surface area is 183 Å². The molecule has 2 aromatic carbocycles. The first kappa shape index (κ1) is 20.8. The van der Waals surface area contributed by atoms with Gasteiger partial charge in [-0.15, -0.1) is 0 Å². The van der Waals surface area contributed by atoms with Crippen LogP contribution < -0.4 is 0 Å². The Morgan fingerprint density at radius 3 is 2.50 bits per heavy atom. The molecule has 1 fully saturated rings. The molecule has 156 valence electrons. The number of rotatable bonds is 6. The first-order valence-electron chi connectivity index (χ1n) is 10.6. The number of hydrogen-bond acceptors (Lipinski definition) is 4. The Hall–Kier alpha value is -2.43. The molecule has 1 atom stereocenters. The molecule has 1 aliphatic rings. The molecule has 3 aromatic rings. The van der Waals surface area contributed by atoms with E-state index in [9.17, 15) is 0 Å². The molecule has 1 heterocycles. The second-order valence-corrected chi connectivity index (χ2v) is 8.76. The number of aromatic nitrogens is 2. The van der Waals surface area contributed by atoms with E-state index in [1.165, 1.54) is 31.2 Å². The van der Waals surface area contributed by atoms with Gasteiger partial charge in [-0.25, -0.2) is 0 Å². The Kier molecular flexibility index (Phi) is 6.66. The lowest BCUT2D eigenvalue weighted by Crippen LogP contribution is -2.30. The molecular weight excluding hydrogens is 394 g/mol. The summed E-state index contributed by atoms with van der Waals surface area (Å²) < 4.78 is 5.40. The molecule has 0 bridgehead atoms. The third kappa shape index (κ3) is 5.00. The van der Waals surface area contributed by atoms with Crippen LogP contribution in [0.15, 0.2) is 65.2 Å². The van der Waals surface area contributed by atoms with E-state index in [4.69, 9.17) is 16.1 Å². The maximum Gasteiger partial charge on any atom is 0.250 e. The Balaban J connectivity index is 1.36. The number of allylic oxidation sites excluding steroid dienone is 1. The average Bonchev–Trinajstić information content (AvgIpc) is 3.23. The molecule has 0 N–H and O–H groups in total. The van der Waals surface area contributed by atoms with E-state index in [0.717, 1.165) is 5.56 Å². The van der Waals surface area contributed by atoms with Crippen LogP contribution in [0.3, 0.4) is 0 Å². The van der Waals surface area contributed by atoms with Crippen LogP contribution >= 0.6 is 11.6 Å². The third-order valence-corrected chi connectivity index (χ3v) is 6.23. The van der Waals surface area contributed by atoms with Gasteiger partial charge in [-0.1, -0.05) is 65.3 Å². The summed E-state index contributed by atoms with van der Waals surface area (Å²) in [7, 11) is 4.38. The zero-order chi connectivity index (χ0) is 20.9. The molecule has 0 spiro atoms. The second-order valence-electron chi connectivity index (χ2n) is 8.32. The minimum atomic E-state index is 0.479. The molecule has 0 radical (unpaired) electrons. The predicted octanol–water partition coefficient (Wildman–Crippen LogP) is 6.51. The monoisotopic (exact) mass is 421 g/mol. The lowest BCUT2D eigenvalue weighted by Gasteiger charge is -2.37. The zero-order valence-electron chi connectivity index (χ0n) is 17.5. The topological polar surface area (TPSA) is 42.2 Å². The highest BCUT2D eigenvalue weighted by atomic mass is 35.5. The van der Waals surface area contributed by atoms with Crippen molar-refractivity contribution < 1.29 is 4.52 Å². The van der Waals surface area contributed by atoms with E-state index in [0.29, 0.717) is 34.6 Å². The largest absolute Gasteiger partial charge is 0.334 e. The average molecular weight is 422 g/mol. The van der Waals surface area contributed by atoms with Crippen molar-refractivity contribution in [2.75, 3.05) is 14.1 Å². The van der Waals surface area contributed by atoms with Crippen molar-refractivity contribution in [3.05, 3.63) is 77.2 Å². The van der Waals surface area contributed by atoms with Gasteiger partial charge < -0.3 is 9.42 Å². The van der Waals surface area contributed by atoms with Gasteiger partial charge in [0.2, 0.25) is 5.82 Å². The van der Waals surface area contributed by atoms with Crippen molar-refractivity contribution in [1.29, 1.82) is 0 Å². The van der Waals surface area contributed by atoms with E-state index in [-0.39, 0.29) is 0 Å². The quantitative estimate of drug-likeness (QED) is 0.454. The van der Waals surface area contributed by atoms with Crippen LogP contribution in [0.1, 0.15) is 43.2 Å². The van der Waals surface area contributed by atoms with Crippen LogP contribution in [0.4, 0.5) is 0 Å². The highest BCUT2D eigenvalue weighted by molar-refractivity contribution is 6.30. The number of halogens is 1. The molecule has 0 saturated heterocycles. The third-order valence-electron chi connectivity index (χ3n) is 6.00.